The fraction of sp³-hybridized carbons (Fsp3) is 0.235. The maximum atomic E-state index is 12.0. The number of likely N-dealkylation sites (N-methyl/N-ethyl adjacent to an activating group) is 1. The van der Waals surface area contributed by atoms with Crippen molar-refractivity contribution in [3.8, 4) is 5.75 Å². The number of nitrogens with one attached hydrogen (secondary N) is 1. The maximum absolute atomic E-state index is 12.0. The summed E-state index contributed by atoms with van der Waals surface area (Å²) in [4.78, 5) is 24.3. The van der Waals surface area contributed by atoms with Crippen molar-refractivity contribution < 1.29 is 14.5 Å². The number of nitro benzene ring substituents is 1. The summed E-state index contributed by atoms with van der Waals surface area (Å²) in [5, 5.41) is 13.4. The second-order valence-electron chi connectivity index (χ2n) is 5.49. The van der Waals surface area contributed by atoms with Crippen LogP contribution in [0.25, 0.3) is 0 Å². The Morgan fingerprint density at radius 1 is 1.29 bits per heavy atom. The molecule has 1 aliphatic rings. The van der Waals surface area contributed by atoms with Gasteiger partial charge < -0.3 is 15.0 Å². The molecule has 0 aromatic heterocycles. The van der Waals surface area contributed by atoms with Crippen molar-refractivity contribution >= 4 is 17.3 Å². The summed E-state index contributed by atoms with van der Waals surface area (Å²) < 4.78 is 5.76. The van der Waals surface area contributed by atoms with E-state index in [2.05, 4.69) is 5.32 Å². The molecule has 0 fully saturated rings. The van der Waals surface area contributed by atoms with Gasteiger partial charge in [0, 0.05) is 25.7 Å². The molecule has 1 N–H and O–H groups in total. The maximum Gasteiger partial charge on any atom is 0.269 e. The molecular formula is C17H17N3O4. The Bertz CT molecular complexity index is 761. The van der Waals surface area contributed by atoms with E-state index in [0.29, 0.717) is 18.8 Å². The summed E-state index contributed by atoms with van der Waals surface area (Å²) in [6, 6.07) is 13.9. The number of nitrogens with zero attached hydrogens (tertiary/aromatic N) is 2. The van der Waals surface area contributed by atoms with Crippen molar-refractivity contribution in [3.05, 3.63) is 64.2 Å². The number of fused-ring (bicyclic) bond motifs is 1. The van der Waals surface area contributed by atoms with Crippen molar-refractivity contribution in [2.45, 2.75) is 12.6 Å². The molecule has 2 aromatic carbocycles. The molecule has 3 rings (SSSR count). The number of non-ortho nitro benzene ring substituents is 1. The number of nitro groups is 1. The number of amides is 1. The summed E-state index contributed by atoms with van der Waals surface area (Å²) in [5.74, 6) is 0.470. The summed E-state index contributed by atoms with van der Waals surface area (Å²) in [6.45, 7) is 0.944. The monoisotopic (exact) mass is 327 g/mol. The van der Waals surface area contributed by atoms with E-state index in [1.54, 1.807) is 19.2 Å². The molecule has 0 unspecified atom stereocenters. The number of rotatable bonds is 4. The zero-order valence-electron chi connectivity index (χ0n) is 13.1. The van der Waals surface area contributed by atoms with Crippen LogP contribution in [-0.2, 0) is 11.3 Å². The fourth-order valence-corrected chi connectivity index (χ4v) is 2.70. The number of hydrogen-bond acceptors (Lipinski definition) is 5. The Morgan fingerprint density at radius 3 is 2.67 bits per heavy atom. The molecule has 7 nitrogen and oxygen atoms in total. The number of hydrogen-bond donors (Lipinski definition) is 1. The van der Waals surface area contributed by atoms with Crippen LogP contribution in [0, 0.1) is 10.1 Å². The van der Waals surface area contributed by atoms with Gasteiger partial charge in [0.2, 0.25) is 0 Å². The normalized spacial score (nSPS) is 16.0. The van der Waals surface area contributed by atoms with E-state index in [1.165, 1.54) is 12.1 Å². The zero-order chi connectivity index (χ0) is 17.1. The molecule has 1 amide bonds. The molecule has 0 aliphatic carbocycles. The molecule has 1 aliphatic heterocycles. The molecule has 0 spiro atoms. The van der Waals surface area contributed by atoms with E-state index in [9.17, 15) is 14.9 Å². The van der Waals surface area contributed by atoms with Crippen molar-refractivity contribution in [2.24, 2.45) is 0 Å². The predicted molar refractivity (Wildman–Crippen MR) is 89.1 cm³/mol. The molecular weight excluding hydrogens is 310 g/mol. The molecule has 1 heterocycles. The largest absolute Gasteiger partial charge is 0.477 e. The van der Waals surface area contributed by atoms with Gasteiger partial charge in [-0.1, -0.05) is 24.3 Å². The van der Waals surface area contributed by atoms with E-state index < -0.39 is 11.0 Å². The van der Waals surface area contributed by atoms with Crippen LogP contribution in [0.5, 0.6) is 5.75 Å². The van der Waals surface area contributed by atoms with Crippen molar-refractivity contribution in [1.29, 1.82) is 0 Å². The van der Waals surface area contributed by atoms with Gasteiger partial charge in [0.1, 0.15) is 5.75 Å². The third-order valence-corrected chi connectivity index (χ3v) is 3.92. The number of ether oxygens (including phenoxy) is 1. The summed E-state index contributed by atoms with van der Waals surface area (Å²) in [7, 11) is 1.58. The molecule has 1 atom stereocenters. The first-order valence-electron chi connectivity index (χ1n) is 7.54. The highest BCUT2D eigenvalue weighted by molar-refractivity contribution is 5.83. The predicted octanol–water partition coefficient (Wildman–Crippen LogP) is 2.11. The van der Waals surface area contributed by atoms with Crippen LogP contribution in [0.4, 0.5) is 11.4 Å². The Balaban J connectivity index is 1.85. The van der Waals surface area contributed by atoms with Gasteiger partial charge >= 0.3 is 0 Å². The average molecular weight is 327 g/mol. The van der Waals surface area contributed by atoms with Gasteiger partial charge in [-0.25, -0.2) is 0 Å². The molecule has 0 bridgehead atoms. The minimum absolute atomic E-state index is 0.0596. The highest BCUT2D eigenvalue weighted by Gasteiger charge is 2.30. The van der Waals surface area contributed by atoms with E-state index >= 15 is 0 Å². The molecule has 0 saturated heterocycles. The number of benzene rings is 2. The minimum atomic E-state index is -0.594. The van der Waals surface area contributed by atoms with Crippen LogP contribution in [0.15, 0.2) is 48.5 Å². The van der Waals surface area contributed by atoms with E-state index in [4.69, 9.17) is 4.74 Å². The first kappa shape index (κ1) is 15.8. The smallest absolute Gasteiger partial charge is 0.269 e. The molecule has 7 heteroatoms. The van der Waals surface area contributed by atoms with Gasteiger partial charge in [-0.15, -0.1) is 0 Å². The van der Waals surface area contributed by atoms with Crippen molar-refractivity contribution in [3.63, 3.8) is 0 Å². The molecule has 24 heavy (non-hydrogen) atoms. The molecule has 0 radical (unpaired) electrons. The quantitative estimate of drug-likeness (QED) is 0.687. The van der Waals surface area contributed by atoms with Crippen molar-refractivity contribution in [2.75, 3.05) is 18.5 Å². The number of anilines is 1. The third kappa shape index (κ3) is 3.15. The lowest BCUT2D eigenvalue weighted by molar-refractivity contribution is -0.384. The molecule has 0 saturated carbocycles. The highest BCUT2D eigenvalue weighted by atomic mass is 16.6. The van der Waals surface area contributed by atoms with Crippen LogP contribution in [-0.4, -0.2) is 30.5 Å². The lowest BCUT2D eigenvalue weighted by atomic mass is 10.1. The Morgan fingerprint density at radius 2 is 2.00 bits per heavy atom. The minimum Gasteiger partial charge on any atom is -0.477 e. The van der Waals surface area contributed by atoms with Gasteiger partial charge in [-0.2, -0.15) is 0 Å². The standard InChI is InChI=1S/C17H17N3O4/c1-18-17(21)16-11-19(14-4-2-3-5-15(14)24-16)10-12-6-8-13(9-7-12)20(22)23/h2-9,16H,10-11H2,1H3,(H,18,21)/t16-/m1/s1. The third-order valence-electron chi connectivity index (χ3n) is 3.92. The van der Waals surface area contributed by atoms with Crippen LogP contribution in [0.1, 0.15) is 5.56 Å². The van der Waals surface area contributed by atoms with Crippen molar-refractivity contribution in [1.82, 2.24) is 5.32 Å². The number of para-hydroxylation sites is 2. The van der Waals surface area contributed by atoms with E-state index in [-0.39, 0.29) is 11.6 Å². The van der Waals surface area contributed by atoms with Gasteiger partial charge in [-0.3, -0.25) is 14.9 Å². The fourth-order valence-electron chi connectivity index (χ4n) is 2.70. The van der Waals surface area contributed by atoms with E-state index in [0.717, 1.165) is 11.3 Å². The van der Waals surface area contributed by atoms with Crippen LogP contribution >= 0.6 is 0 Å². The van der Waals surface area contributed by atoms with Gasteiger partial charge in [0.05, 0.1) is 17.2 Å². The van der Waals surface area contributed by atoms with Gasteiger partial charge in [0.15, 0.2) is 6.10 Å². The topological polar surface area (TPSA) is 84.7 Å². The van der Waals surface area contributed by atoms with Crippen LogP contribution in [0.3, 0.4) is 0 Å². The SMILES string of the molecule is CNC(=O)[C@H]1CN(Cc2ccc([N+](=O)[O-])cc2)c2ccccc2O1. The second-order valence-corrected chi connectivity index (χ2v) is 5.49. The Kier molecular flexibility index (Phi) is 4.33. The lowest BCUT2D eigenvalue weighted by Crippen LogP contribution is -2.47. The zero-order valence-corrected chi connectivity index (χ0v) is 13.1. The Hall–Kier alpha value is -3.09. The average Bonchev–Trinajstić information content (AvgIpc) is 2.61. The number of carbonyl (C=O) groups is 1. The summed E-state index contributed by atoms with van der Waals surface area (Å²) >= 11 is 0. The first-order chi connectivity index (χ1) is 11.6. The van der Waals surface area contributed by atoms with E-state index in [1.807, 2.05) is 29.2 Å². The highest BCUT2D eigenvalue weighted by Crippen LogP contribution is 2.34. The van der Waals surface area contributed by atoms with Gasteiger partial charge in [0.25, 0.3) is 11.6 Å². The Labute approximate surface area is 139 Å². The summed E-state index contributed by atoms with van der Waals surface area (Å²) in [5.41, 5.74) is 1.88. The van der Waals surface area contributed by atoms with Crippen LogP contribution < -0.4 is 15.0 Å². The molecule has 2 aromatic rings. The molecule has 124 valence electrons. The summed E-state index contributed by atoms with van der Waals surface area (Å²) in [6.07, 6.45) is -0.594. The first-order valence-corrected chi connectivity index (χ1v) is 7.54. The number of carbonyl (C=O) groups excluding carboxylic acids is 1. The van der Waals surface area contributed by atoms with Gasteiger partial charge in [-0.05, 0) is 17.7 Å². The van der Waals surface area contributed by atoms with Crippen LogP contribution in [0.2, 0.25) is 0 Å². The lowest BCUT2D eigenvalue weighted by Gasteiger charge is -2.35. The second kappa shape index (κ2) is 6.57.